The normalized spacial score (nSPS) is 10.2. The molecule has 0 spiro atoms. The SMILES string of the molecule is N#Cc1ccc(F)c(COc2cc(F)cc(CCN)c2)c1. The van der Waals surface area contributed by atoms with Gasteiger partial charge in [0.25, 0.3) is 0 Å². The van der Waals surface area contributed by atoms with Crippen LogP contribution in [0.15, 0.2) is 36.4 Å². The van der Waals surface area contributed by atoms with Crippen LogP contribution in [0.2, 0.25) is 0 Å². The van der Waals surface area contributed by atoms with E-state index in [0.29, 0.717) is 24.3 Å². The van der Waals surface area contributed by atoms with Gasteiger partial charge in [0.1, 0.15) is 24.0 Å². The monoisotopic (exact) mass is 288 g/mol. The molecular formula is C16H14F2N2O. The third-order valence-electron chi connectivity index (χ3n) is 2.93. The fourth-order valence-corrected chi connectivity index (χ4v) is 1.93. The van der Waals surface area contributed by atoms with Crippen LogP contribution < -0.4 is 10.5 Å². The van der Waals surface area contributed by atoms with Crippen LogP contribution in [0.1, 0.15) is 16.7 Å². The van der Waals surface area contributed by atoms with E-state index in [4.69, 9.17) is 15.7 Å². The van der Waals surface area contributed by atoms with Crippen molar-refractivity contribution in [3.05, 3.63) is 64.7 Å². The lowest BCUT2D eigenvalue weighted by molar-refractivity contribution is 0.298. The number of nitriles is 1. The van der Waals surface area contributed by atoms with Crippen LogP contribution in [-0.2, 0) is 13.0 Å². The minimum absolute atomic E-state index is 0.0765. The van der Waals surface area contributed by atoms with Gasteiger partial charge in [-0.2, -0.15) is 5.26 Å². The summed E-state index contributed by atoms with van der Waals surface area (Å²) in [5.41, 5.74) is 6.75. The van der Waals surface area contributed by atoms with Crippen LogP contribution in [0.4, 0.5) is 8.78 Å². The van der Waals surface area contributed by atoms with Crippen molar-refractivity contribution in [1.82, 2.24) is 0 Å². The van der Waals surface area contributed by atoms with Gasteiger partial charge < -0.3 is 10.5 Å². The maximum atomic E-state index is 13.6. The standard InChI is InChI=1S/C16H14F2N2O/c17-14-6-11(3-4-19)7-15(8-14)21-10-13-5-12(9-20)1-2-16(13)18/h1-2,5-8H,3-4,10,19H2. The van der Waals surface area contributed by atoms with E-state index < -0.39 is 11.6 Å². The van der Waals surface area contributed by atoms with Crippen molar-refractivity contribution in [3.63, 3.8) is 0 Å². The highest BCUT2D eigenvalue weighted by Crippen LogP contribution is 2.19. The number of nitrogens with zero attached hydrogens (tertiary/aromatic N) is 1. The lowest BCUT2D eigenvalue weighted by atomic mass is 10.1. The number of rotatable bonds is 5. The number of ether oxygens (including phenoxy) is 1. The van der Waals surface area contributed by atoms with Gasteiger partial charge in [-0.05, 0) is 48.9 Å². The van der Waals surface area contributed by atoms with Crippen molar-refractivity contribution in [3.8, 4) is 11.8 Å². The van der Waals surface area contributed by atoms with Gasteiger partial charge in [-0.25, -0.2) is 8.78 Å². The van der Waals surface area contributed by atoms with Crippen LogP contribution >= 0.6 is 0 Å². The number of halogens is 2. The van der Waals surface area contributed by atoms with Gasteiger partial charge in [0, 0.05) is 11.6 Å². The molecule has 3 nitrogen and oxygen atoms in total. The predicted molar refractivity (Wildman–Crippen MR) is 74.6 cm³/mol. The molecule has 0 atom stereocenters. The number of hydrogen-bond acceptors (Lipinski definition) is 3. The maximum Gasteiger partial charge on any atom is 0.129 e. The number of nitrogens with two attached hydrogens (primary N) is 1. The molecule has 2 rings (SSSR count). The second-order valence-corrected chi connectivity index (χ2v) is 4.54. The van der Waals surface area contributed by atoms with Crippen molar-refractivity contribution < 1.29 is 13.5 Å². The molecule has 0 fully saturated rings. The Bertz CT molecular complexity index is 680. The molecule has 2 aromatic carbocycles. The van der Waals surface area contributed by atoms with Crippen molar-refractivity contribution in [2.75, 3.05) is 6.54 Å². The third kappa shape index (κ3) is 4.01. The lowest BCUT2D eigenvalue weighted by Gasteiger charge is -2.09. The quantitative estimate of drug-likeness (QED) is 0.920. The van der Waals surface area contributed by atoms with Gasteiger partial charge in [0.15, 0.2) is 0 Å². The van der Waals surface area contributed by atoms with Crippen molar-refractivity contribution >= 4 is 0 Å². The zero-order valence-corrected chi connectivity index (χ0v) is 11.3. The molecule has 0 unspecified atom stereocenters. The van der Waals surface area contributed by atoms with Gasteiger partial charge in [-0.15, -0.1) is 0 Å². The minimum atomic E-state index is -0.465. The summed E-state index contributed by atoms with van der Waals surface area (Å²) in [6.07, 6.45) is 0.534. The van der Waals surface area contributed by atoms with E-state index in [0.717, 1.165) is 5.56 Å². The van der Waals surface area contributed by atoms with E-state index in [-0.39, 0.29) is 12.2 Å². The van der Waals surface area contributed by atoms with Crippen LogP contribution in [0.5, 0.6) is 5.75 Å². The van der Waals surface area contributed by atoms with E-state index in [1.54, 1.807) is 6.07 Å². The van der Waals surface area contributed by atoms with Crippen LogP contribution in [0.25, 0.3) is 0 Å². The van der Waals surface area contributed by atoms with Gasteiger partial charge in [0.05, 0.1) is 11.6 Å². The van der Waals surface area contributed by atoms with E-state index >= 15 is 0 Å². The summed E-state index contributed by atoms with van der Waals surface area (Å²) in [6, 6.07) is 10.2. The largest absolute Gasteiger partial charge is 0.489 e. The second kappa shape index (κ2) is 6.82. The molecule has 0 amide bonds. The number of benzene rings is 2. The average molecular weight is 288 g/mol. The van der Waals surface area contributed by atoms with E-state index in [9.17, 15) is 8.78 Å². The Morgan fingerprint density at radius 2 is 1.95 bits per heavy atom. The highest BCUT2D eigenvalue weighted by atomic mass is 19.1. The van der Waals surface area contributed by atoms with E-state index in [1.165, 1.54) is 30.3 Å². The first kappa shape index (κ1) is 14.9. The van der Waals surface area contributed by atoms with Gasteiger partial charge >= 0.3 is 0 Å². The van der Waals surface area contributed by atoms with Crippen molar-refractivity contribution in [2.24, 2.45) is 5.73 Å². The Hall–Kier alpha value is -2.45. The summed E-state index contributed by atoms with van der Waals surface area (Å²) in [7, 11) is 0. The van der Waals surface area contributed by atoms with Gasteiger partial charge in [0.2, 0.25) is 0 Å². The molecule has 5 heteroatoms. The van der Waals surface area contributed by atoms with Crippen LogP contribution in [0, 0.1) is 23.0 Å². The second-order valence-electron chi connectivity index (χ2n) is 4.54. The molecule has 0 radical (unpaired) electrons. The van der Waals surface area contributed by atoms with Crippen LogP contribution in [-0.4, -0.2) is 6.54 Å². The molecule has 0 aliphatic heterocycles. The van der Waals surface area contributed by atoms with Gasteiger partial charge in [-0.3, -0.25) is 0 Å². The Labute approximate surface area is 121 Å². The smallest absolute Gasteiger partial charge is 0.129 e. The van der Waals surface area contributed by atoms with Crippen LogP contribution in [0.3, 0.4) is 0 Å². The summed E-state index contributed by atoms with van der Waals surface area (Å²) in [5.74, 6) is -0.588. The zero-order valence-electron chi connectivity index (χ0n) is 11.3. The Morgan fingerprint density at radius 1 is 1.14 bits per heavy atom. The van der Waals surface area contributed by atoms with Crippen molar-refractivity contribution in [1.29, 1.82) is 5.26 Å². The third-order valence-corrected chi connectivity index (χ3v) is 2.93. The molecule has 21 heavy (non-hydrogen) atoms. The van der Waals surface area contributed by atoms with Gasteiger partial charge in [-0.1, -0.05) is 0 Å². The first-order valence-electron chi connectivity index (χ1n) is 6.43. The minimum Gasteiger partial charge on any atom is -0.489 e. The average Bonchev–Trinajstić information content (AvgIpc) is 2.46. The summed E-state index contributed by atoms with van der Waals surface area (Å²) < 4.78 is 32.5. The maximum absolute atomic E-state index is 13.6. The first-order valence-corrected chi connectivity index (χ1v) is 6.43. The molecule has 0 saturated carbocycles. The fraction of sp³-hybridized carbons (Fsp3) is 0.188. The molecular weight excluding hydrogens is 274 g/mol. The summed E-state index contributed by atoms with van der Waals surface area (Å²) in [6.45, 7) is 0.328. The summed E-state index contributed by atoms with van der Waals surface area (Å²) >= 11 is 0. The Balaban J connectivity index is 2.14. The summed E-state index contributed by atoms with van der Waals surface area (Å²) in [4.78, 5) is 0. The molecule has 0 aliphatic carbocycles. The Morgan fingerprint density at radius 3 is 2.67 bits per heavy atom. The molecule has 0 saturated heterocycles. The molecule has 2 N–H and O–H groups in total. The zero-order chi connectivity index (χ0) is 15.2. The molecule has 0 aromatic heterocycles. The topological polar surface area (TPSA) is 59.0 Å². The fourth-order valence-electron chi connectivity index (χ4n) is 1.93. The number of hydrogen-bond donors (Lipinski definition) is 1. The molecule has 0 bridgehead atoms. The van der Waals surface area contributed by atoms with E-state index in [1.807, 2.05) is 6.07 Å². The van der Waals surface area contributed by atoms with Crippen molar-refractivity contribution in [2.45, 2.75) is 13.0 Å². The summed E-state index contributed by atoms with van der Waals surface area (Å²) in [5, 5.41) is 8.80. The molecule has 0 heterocycles. The highest BCUT2D eigenvalue weighted by Gasteiger charge is 2.06. The molecule has 0 aliphatic rings. The lowest BCUT2D eigenvalue weighted by Crippen LogP contribution is -2.04. The molecule has 2 aromatic rings. The molecule has 108 valence electrons. The highest BCUT2D eigenvalue weighted by molar-refractivity contribution is 5.34. The predicted octanol–water partition coefficient (Wildman–Crippen LogP) is 2.92. The first-order chi connectivity index (χ1) is 10.1. The van der Waals surface area contributed by atoms with E-state index in [2.05, 4.69) is 0 Å². The Kier molecular flexibility index (Phi) is 4.85.